The minimum Gasteiger partial charge on any atom is -0.454 e. The van der Waals surface area contributed by atoms with Gasteiger partial charge in [-0.25, -0.2) is 4.98 Å². The minimum absolute atomic E-state index is 0.208. The molecule has 3 N–H and O–H groups in total. The highest BCUT2D eigenvalue weighted by Gasteiger charge is 2.17. The first kappa shape index (κ1) is 19.5. The molecular weight excluding hydrogens is 390 g/mol. The number of fused-ring (bicyclic) bond motifs is 2. The first-order valence-corrected chi connectivity index (χ1v) is 10.2. The summed E-state index contributed by atoms with van der Waals surface area (Å²) in [6.45, 7) is 3.18. The van der Waals surface area contributed by atoms with Gasteiger partial charge in [0, 0.05) is 37.7 Å². The van der Waals surface area contributed by atoms with Crippen LogP contribution >= 0.6 is 12.2 Å². The molecule has 1 aromatic carbocycles. The van der Waals surface area contributed by atoms with E-state index in [1.54, 1.807) is 0 Å². The Morgan fingerprint density at radius 2 is 2.07 bits per heavy atom. The number of nitrogens with one attached hydrogen (secondary N) is 3. The van der Waals surface area contributed by atoms with Gasteiger partial charge in [0.05, 0.1) is 17.2 Å². The van der Waals surface area contributed by atoms with Gasteiger partial charge in [-0.1, -0.05) is 0 Å². The van der Waals surface area contributed by atoms with Crippen molar-refractivity contribution in [1.29, 1.82) is 5.26 Å². The lowest BCUT2D eigenvalue weighted by Crippen LogP contribution is -2.40. The molecule has 2 aromatic rings. The van der Waals surface area contributed by atoms with Crippen LogP contribution in [0, 0.1) is 11.3 Å². The molecule has 152 valence electrons. The van der Waals surface area contributed by atoms with Gasteiger partial charge in [0.25, 0.3) is 0 Å². The number of hydrogen-bond donors (Lipinski definition) is 3. The zero-order valence-corrected chi connectivity index (χ0v) is 16.8. The standard InChI is InChI=1S/C20H23N5O3S/c21-10-14-7-13-8-17-18(28-12-27-17)9-16(13)25-19(14)22-4-2-5-23-20(29)24-11-15-3-1-6-26-15/h7-9,15H,1-6,11-12H2,(H,22,25)(H2,23,24,29)/t15-/m0/s1. The second kappa shape index (κ2) is 9.11. The second-order valence-electron chi connectivity index (χ2n) is 6.95. The third-order valence-electron chi connectivity index (χ3n) is 4.88. The number of nitriles is 1. The monoisotopic (exact) mass is 413 g/mol. The maximum Gasteiger partial charge on any atom is 0.231 e. The topological polar surface area (TPSA) is 100 Å². The number of aromatic nitrogens is 1. The van der Waals surface area contributed by atoms with Crippen molar-refractivity contribution >= 4 is 34.1 Å². The van der Waals surface area contributed by atoms with Gasteiger partial charge in [-0.15, -0.1) is 0 Å². The maximum absolute atomic E-state index is 9.46. The highest BCUT2D eigenvalue weighted by atomic mass is 32.1. The molecule has 8 nitrogen and oxygen atoms in total. The number of thiocarbonyl (C=S) groups is 1. The number of rotatable bonds is 7. The van der Waals surface area contributed by atoms with Gasteiger partial charge >= 0.3 is 0 Å². The Hall–Kier alpha value is -2.83. The maximum atomic E-state index is 9.46. The van der Waals surface area contributed by atoms with Gasteiger partial charge in [0.2, 0.25) is 6.79 Å². The summed E-state index contributed by atoms with van der Waals surface area (Å²) in [5, 5.41) is 20.6. The zero-order chi connectivity index (χ0) is 20.1. The molecule has 1 atom stereocenters. The van der Waals surface area contributed by atoms with Crippen LogP contribution < -0.4 is 25.4 Å². The molecule has 2 aliphatic rings. The quantitative estimate of drug-likeness (QED) is 0.466. The number of benzene rings is 1. The highest BCUT2D eigenvalue weighted by molar-refractivity contribution is 7.80. The van der Waals surface area contributed by atoms with E-state index in [0.29, 0.717) is 34.5 Å². The van der Waals surface area contributed by atoms with Gasteiger partial charge in [-0.3, -0.25) is 0 Å². The van der Waals surface area contributed by atoms with E-state index in [2.05, 4.69) is 27.0 Å². The van der Waals surface area contributed by atoms with Crippen LogP contribution in [0.3, 0.4) is 0 Å². The molecular formula is C20H23N5O3S. The molecule has 1 aromatic heterocycles. The molecule has 2 aliphatic heterocycles. The third kappa shape index (κ3) is 4.78. The number of anilines is 1. The van der Waals surface area contributed by atoms with Gasteiger partial charge in [0.15, 0.2) is 16.6 Å². The lowest BCUT2D eigenvalue weighted by Gasteiger charge is -2.14. The Labute approximate surface area is 174 Å². The van der Waals surface area contributed by atoms with Crippen LogP contribution in [0.25, 0.3) is 10.9 Å². The molecule has 0 radical (unpaired) electrons. The highest BCUT2D eigenvalue weighted by Crippen LogP contribution is 2.36. The van der Waals surface area contributed by atoms with Crippen LogP contribution in [0.4, 0.5) is 5.82 Å². The van der Waals surface area contributed by atoms with E-state index in [0.717, 1.165) is 49.9 Å². The van der Waals surface area contributed by atoms with Crippen molar-refractivity contribution in [2.24, 2.45) is 0 Å². The number of ether oxygens (including phenoxy) is 3. The van der Waals surface area contributed by atoms with Gasteiger partial charge in [-0.05, 0) is 43.6 Å². The lowest BCUT2D eigenvalue weighted by molar-refractivity contribution is 0.114. The van der Waals surface area contributed by atoms with E-state index in [-0.39, 0.29) is 12.9 Å². The van der Waals surface area contributed by atoms with Crippen molar-refractivity contribution in [3.8, 4) is 17.6 Å². The van der Waals surface area contributed by atoms with E-state index in [1.165, 1.54) is 0 Å². The molecule has 0 saturated carbocycles. The summed E-state index contributed by atoms with van der Waals surface area (Å²) >= 11 is 5.29. The number of pyridine rings is 1. The van der Waals surface area contributed by atoms with E-state index in [9.17, 15) is 5.26 Å². The Kier molecular flexibility index (Phi) is 6.12. The molecule has 0 amide bonds. The van der Waals surface area contributed by atoms with Crippen LogP contribution in [0.2, 0.25) is 0 Å². The zero-order valence-electron chi connectivity index (χ0n) is 16.0. The minimum atomic E-state index is 0.208. The Morgan fingerprint density at radius 1 is 1.21 bits per heavy atom. The Bertz CT molecular complexity index is 940. The first-order chi connectivity index (χ1) is 14.2. The van der Waals surface area contributed by atoms with Crippen molar-refractivity contribution in [3.05, 3.63) is 23.8 Å². The molecule has 0 aliphatic carbocycles. The lowest BCUT2D eigenvalue weighted by atomic mass is 10.1. The van der Waals surface area contributed by atoms with Crippen molar-refractivity contribution in [3.63, 3.8) is 0 Å². The fraction of sp³-hybridized carbons (Fsp3) is 0.450. The molecule has 1 saturated heterocycles. The molecule has 0 unspecified atom stereocenters. The summed E-state index contributed by atoms with van der Waals surface area (Å²) in [5.41, 5.74) is 1.26. The molecule has 4 rings (SSSR count). The molecule has 9 heteroatoms. The largest absolute Gasteiger partial charge is 0.454 e. The fourth-order valence-electron chi connectivity index (χ4n) is 3.36. The van der Waals surface area contributed by atoms with Crippen LogP contribution in [0.1, 0.15) is 24.8 Å². The van der Waals surface area contributed by atoms with Crippen LogP contribution in [0.5, 0.6) is 11.5 Å². The number of nitrogens with zero attached hydrogens (tertiary/aromatic N) is 2. The first-order valence-electron chi connectivity index (χ1n) is 9.74. The van der Waals surface area contributed by atoms with Crippen molar-refractivity contribution in [2.75, 3.05) is 38.4 Å². The molecule has 29 heavy (non-hydrogen) atoms. The predicted molar refractivity (Wildman–Crippen MR) is 113 cm³/mol. The molecule has 1 fully saturated rings. The second-order valence-corrected chi connectivity index (χ2v) is 7.35. The molecule has 0 bridgehead atoms. The molecule has 3 heterocycles. The smallest absolute Gasteiger partial charge is 0.231 e. The normalized spacial score (nSPS) is 17.1. The van der Waals surface area contributed by atoms with E-state index < -0.39 is 0 Å². The summed E-state index contributed by atoms with van der Waals surface area (Å²) in [7, 11) is 0. The van der Waals surface area contributed by atoms with Crippen LogP contribution in [-0.2, 0) is 4.74 Å². The average molecular weight is 414 g/mol. The third-order valence-corrected chi connectivity index (χ3v) is 5.16. The fourth-order valence-corrected chi connectivity index (χ4v) is 3.54. The Balaban J connectivity index is 1.26. The van der Waals surface area contributed by atoms with E-state index >= 15 is 0 Å². The Morgan fingerprint density at radius 3 is 2.86 bits per heavy atom. The summed E-state index contributed by atoms with van der Waals surface area (Å²) in [5.74, 6) is 1.92. The summed E-state index contributed by atoms with van der Waals surface area (Å²) in [4.78, 5) is 4.59. The summed E-state index contributed by atoms with van der Waals surface area (Å²) in [6.07, 6.45) is 3.29. The van der Waals surface area contributed by atoms with Gasteiger partial charge in [-0.2, -0.15) is 5.26 Å². The van der Waals surface area contributed by atoms with Crippen LogP contribution in [-0.4, -0.2) is 49.2 Å². The van der Waals surface area contributed by atoms with Crippen molar-refractivity contribution in [2.45, 2.75) is 25.4 Å². The van der Waals surface area contributed by atoms with Gasteiger partial charge < -0.3 is 30.2 Å². The molecule has 0 spiro atoms. The van der Waals surface area contributed by atoms with Crippen LogP contribution in [0.15, 0.2) is 18.2 Å². The van der Waals surface area contributed by atoms with E-state index in [4.69, 9.17) is 26.4 Å². The summed E-state index contributed by atoms with van der Waals surface area (Å²) in [6, 6.07) is 7.71. The number of hydrogen-bond acceptors (Lipinski definition) is 7. The average Bonchev–Trinajstić information content (AvgIpc) is 3.41. The predicted octanol–water partition coefficient (Wildman–Crippen LogP) is 2.28. The van der Waals surface area contributed by atoms with Crippen molar-refractivity contribution < 1.29 is 14.2 Å². The van der Waals surface area contributed by atoms with Crippen molar-refractivity contribution in [1.82, 2.24) is 15.6 Å². The van der Waals surface area contributed by atoms with E-state index in [1.807, 2.05) is 18.2 Å². The van der Waals surface area contributed by atoms with Gasteiger partial charge in [0.1, 0.15) is 11.9 Å². The SMILES string of the molecule is N#Cc1cc2cc3c(cc2nc1NCCCNC(=S)NC[C@@H]1CCCO1)OCO3. The summed E-state index contributed by atoms with van der Waals surface area (Å²) < 4.78 is 16.4.